The van der Waals surface area contributed by atoms with Crippen molar-refractivity contribution in [2.75, 3.05) is 12.4 Å². The maximum Gasteiger partial charge on any atom is 0.387 e. The van der Waals surface area contributed by atoms with Gasteiger partial charge in [-0.3, -0.25) is 10.1 Å². The lowest BCUT2D eigenvalue weighted by molar-refractivity contribution is -0.0515. The quantitative estimate of drug-likeness (QED) is 0.562. The molecule has 1 N–H and O–H groups in total. The van der Waals surface area contributed by atoms with Crippen LogP contribution in [0.1, 0.15) is 20.8 Å². The Labute approximate surface area is 168 Å². The molecule has 0 aliphatic carbocycles. The SMILES string of the molecule is COc1cccc(C(=O)Nc2ncc(Cc3ccccc3Cl)s2)c1OC(F)F. The Hall–Kier alpha value is -2.71. The predicted molar refractivity (Wildman–Crippen MR) is 104 cm³/mol. The minimum atomic E-state index is -3.09. The van der Waals surface area contributed by atoms with Crippen LogP contribution in [-0.2, 0) is 6.42 Å². The average molecular weight is 425 g/mol. The third-order valence-corrected chi connectivity index (χ3v) is 5.03. The van der Waals surface area contributed by atoms with E-state index in [2.05, 4.69) is 15.0 Å². The monoisotopic (exact) mass is 424 g/mol. The van der Waals surface area contributed by atoms with E-state index in [1.807, 2.05) is 18.2 Å². The Morgan fingerprint density at radius 3 is 2.75 bits per heavy atom. The number of methoxy groups -OCH3 is 1. The van der Waals surface area contributed by atoms with Gasteiger partial charge < -0.3 is 9.47 Å². The molecule has 0 saturated carbocycles. The summed E-state index contributed by atoms with van der Waals surface area (Å²) in [6, 6.07) is 11.7. The van der Waals surface area contributed by atoms with Crippen molar-refractivity contribution in [2.24, 2.45) is 0 Å². The standard InChI is InChI=1S/C19H15ClF2N2O3S/c1-26-15-8-4-6-13(16(15)27-18(21)22)17(25)24-19-23-10-12(28-19)9-11-5-2-3-7-14(11)20/h2-8,10,18H,9H2,1H3,(H,23,24,25). The first-order valence-electron chi connectivity index (χ1n) is 8.09. The number of rotatable bonds is 7. The molecule has 0 unspecified atom stereocenters. The van der Waals surface area contributed by atoms with E-state index >= 15 is 0 Å². The highest BCUT2D eigenvalue weighted by Crippen LogP contribution is 2.33. The van der Waals surface area contributed by atoms with Gasteiger partial charge in [0.1, 0.15) is 0 Å². The summed E-state index contributed by atoms with van der Waals surface area (Å²) in [5, 5.41) is 3.58. The molecule has 1 aromatic heterocycles. The maximum absolute atomic E-state index is 12.7. The second-order valence-corrected chi connectivity index (χ2v) is 7.09. The number of nitrogens with one attached hydrogen (secondary N) is 1. The average Bonchev–Trinajstić information content (AvgIpc) is 3.10. The molecule has 3 aromatic rings. The number of hydrogen-bond donors (Lipinski definition) is 1. The van der Waals surface area contributed by atoms with E-state index < -0.39 is 12.5 Å². The molecular weight excluding hydrogens is 410 g/mol. The fourth-order valence-electron chi connectivity index (χ4n) is 2.51. The van der Waals surface area contributed by atoms with Crippen LogP contribution in [0.4, 0.5) is 13.9 Å². The molecule has 0 aliphatic heterocycles. The summed E-state index contributed by atoms with van der Waals surface area (Å²) in [5.41, 5.74) is 0.855. The highest BCUT2D eigenvalue weighted by atomic mass is 35.5. The lowest BCUT2D eigenvalue weighted by Gasteiger charge is -2.13. The molecule has 0 atom stereocenters. The smallest absolute Gasteiger partial charge is 0.387 e. The Kier molecular flexibility index (Phi) is 6.43. The van der Waals surface area contributed by atoms with Gasteiger partial charge in [-0.1, -0.05) is 35.9 Å². The van der Waals surface area contributed by atoms with E-state index in [1.54, 1.807) is 12.3 Å². The van der Waals surface area contributed by atoms with Crippen LogP contribution in [0.25, 0.3) is 0 Å². The Morgan fingerprint density at radius 2 is 2.04 bits per heavy atom. The second kappa shape index (κ2) is 8.99. The summed E-state index contributed by atoms with van der Waals surface area (Å²) in [6.07, 6.45) is 2.19. The fraction of sp³-hybridized carbons (Fsp3) is 0.158. The zero-order chi connectivity index (χ0) is 20.1. The van der Waals surface area contributed by atoms with Gasteiger partial charge in [0, 0.05) is 22.5 Å². The first-order valence-corrected chi connectivity index (χ1v) is 9.28. The van der Waals surface area contributed by atoms with Crippen molar-refractivity contribution in [3.8, 4) is 11.5 Å². The van der Waals surface area contributed by atoms with E-state index in [9.17, 15) is 13.6 Å². The number of carbonyl (C=O) groups is 1. The van der Waals surface area contributed by atoms with Gasteiger partial charge in [-0.25, -0.2) is 4.98 Å². The molecule has 0 fully saturated rings. The summed E-state index contributed by atoms with van der Waals surface area (Å²) in [5.74, 6) is -0.926. The molecular formula is C19H15ClF2N2O3S. The van der Waals surface area contributed by atoms with Crippen molar-refractivity contribution < 1.29 is 23.0 Å². The zero-order valence-corrected chi connectivity index (χ0v) is 16.2. The number of aromatic nitrogens is 1. The first kappa shape index (κ1) is 20.0. The van der Waals surface area contributed by atoms with Crippen molar-refractivity contribution in [1.29, 1.82) is 0 Å². The van der Waals surface area contributed by atoms with Crippen molar-refractivity contribution >= 4 is 34.0 Å². The molecule has 0 spiro atoms. The predicted octanol–water partition coefficient (Wildman–Crippen LogP) is 5.25. The molecule has 0 bridgehead atoms. The van der Waals surface area contributed by atoms with E-state index in [1.165, 1.54) is 36.6 Å². The normalized spacial score (nSPS) is 10.8. The number of alkyl halides is 2. The van der Waals surface area contributed by atoms with Gasteiger partial charge in [0.25, 0.3) is 5.91 Å². The fourth-order valence-corrected chi connectivity index (χ4v) is 3.54. The number of hydrogen-bond acceptors (Lipinski definition) is 5. The lowest BCUT2D eigenvalue weighted by atomic mass is 10.1. The van der Waals surface area contributed by atoms with Gasteiger partial charge in [-0.05, 0) is 23.8 Å². The number of anilines is 1. The number of ether oxygens (including phenoxy) is 2. The minimum absolute atomic E-state index is 0.0338. The Balaban J connectivity index is 1.77. The zero-order valence-electron chi connectivity index (χ0n) is 14.6. The van der Waals surface area contributed by atoms with Crippen molar-refractivity contribution in [3.63, 3.8) is 0 Å². The molecule has 3 rings (SSSR count). The molecule has 1 heterocycles. The van der Waals surface area contributed by atoms with Crippen molar-refractivity contribution in [3.05, 3.63) is 69.7 Å². The van der Waals surface area contributed by atoms with E-state index in [-0.39, 0.29) is 17.1 Å². The van der Waals surface area contributed by atoms with E-state index in [4.69, 9.17) is 16.3 Å². The van der Waals surface area contributed by atoms with Gasteiger partial charge >= 0.3 is 6.61 Å². The Bertz CT molecular complexity index is 981. The van der Waals surface area contributed by atoms with Gasteiger partial charge in [0.05, 0.1) is 12.7 Å². The number of benzene rings is 2. The molecule has 5 nitrogen and oxygen atoms in total. The Morgan fingerprint density at radius 1 is 1.25 bits per heavy atom. The number of thiazole rings is 1. The minimum Gasteiger partial charge on any atom is -0.493 e. The third-order valence-electron chi connectivity index (χ3n) is 3.75. The van der Waals surface area contributed by atoms with Gasteiger partial charge in [0.2, 0.25) is 0 Å². The number of para-hydroxylation sites is 1. The van der Waals surface area contributed by atoms with E-state index in [0.29, 0.717) is 16.6 Å². The number of carbonyl (C=O) groups excluding carboxylic acids is 1. The molecule has 9 heteroatoms. The highest BCUT2D eigenvalue weighted by Gasteiger charge is 2.21. The summed E-state index contributed by atoms with van der Waals surface area (Å²) in [7, 11) is 1.30. The number of nitrogens with zero attached hydrogens (tertiary/aromatic N) is 1. The molecule has 2 aromatic carbocycles. The number of halogens is 3. The maximum atomic E-state index is 12.7. The molecule has 28 heavy (non-hydrogen) atoms. The summed E-state index contributed by atoms with van der Waals surface area (Å²) >= 11 is 7.43. The van der Waals surface area contributed by atoms with Crippen LogP contribution in [-0.4, -0.2) is 24.6 Å². The third kappa shape index (κ3) is 4.76. The van der Waals surface area contributed by atoms with Crippen LogP contribution < -0.4 is 14.8 Å². The van der Waals surface area contributed by atoms with Gasteiger partial charge in [-0.2, -0.15) is 8.78 Å². The number of amides is 1. The molecule has 0 saturated heterocycles. The van der Waals surface area contributed by atoms with Crippen LogP contribution in [0, 0.1) is 0 Å². The van der Waals surface area contributed by atoms with Gasteiger partial charge in [-0.15, -0.1) is 11.3 Å². The van der Waals surface area contributed by atoms with Crippen LogP contribution in [0.2, 0.25) is 5.02 Å². The topological polar surface area (TPSA) is 60.5 Å². The van der Waals surface area contributed by atoms with Crippen LogP contribution >= 0.6 is 22.9 Å². The van der Waals surface area contributed by atoms with Crippen LogP contribution in [0.5, 0.6) is 11.5 Å². The molecule has 1 amide bonds. The molecule has 146 valence electrons. The van der Waals surface area contributed by atoms with Gasteiger partial charge in [0.15, 0.2) is 16.6 Å². The van der Waals surface area contributed by atoms with Crippen LogP contribution in [0.15, 0.2) is 48.7 Å². The van der Waals surface area contributed by atoms with E-state index in [0.717, 1.165) is 10.4 Å². The largest absolute Gasteiger partial charge is 0.493 e. The summed E-state index contributed by atoms with van der Waals surface area (Å²) in [6.45, 7) is -3.09. The lowest BCUT2D eigenvalue weighted by Crippen LogP contribution is -2.15. The molecule has 0 radical (unpaired) electrons. The first-order chi connectivity index (χ1) is 13.5. The van der Waals surface area contributed by atoms with Crippen molar-refractivity contribution in [1.82, 2.24) is 4.98 Å². The summed E-state index contributed by atoms with van der Waals surface area (Å²) < 4.78 is 34.9. The summed E-state index contributed by atoms with van der Waals surface area (Å²) in [4.78, 5) is 17.6. The second-order valence-electron chi connectivity index (χ2n) is 5.57. The highest BCUT2D eigenvalue weighted by molar-refractivity contribution is 7.15. The van der Waals surface area contributed by atoms with Crippen molar-refractivity contribution in [2.45, 2.75) is 13.0 Å². The molecule has 0 aliphatic rings. The van der Waals surface area contributed by atoms with Crippen LogP contribution in [0.3, 0.4) is 0 Å².